The quantitative estimate of drug-likeness (QED) is 0.604. The number of carbonyl (C=O) groups is 2. The molecule has 2 N–H and O–H groups in total. The fourth-order valence-corrected chi connectivity index (χ4v) is 4.37. The van der Waals surface area contributed by atoms with Crippen LogP contribution in [-0.2, 0) is 20.9 Å². The molecule has 1 aromatic carbocycles. The molecule has 6 nitrogen and oxygen atoms in total. The van der Waals surface area contributed by atoms with E-state index in [1.54, 1.807) is 18.2 Å². The number of thioether (sulfide) groups is 1. The van der Waals surface area contributed by atoms with Gasteiger partial charge in [-0.15, -0.1) is 11.8 Å². The van der Waals surface area contributed by atoms with Gasteiger partial charge in [-0.05, 0) is 24.1 Å². The van der Waals surface area contributed by atoms with Crippen LogP contribution in [0.5, 0.6) is 0 Å². The number of nitrogens with zero attached hydrogens (tertiary/aromatic N) is 1. The van der Waals surface area contributed by atoms with Crippen LogP contribution in [0.4, 0.5) is 0 Å². The van der Waals surface area contributed by atoms with Crippen LogP contribution < -0.4 is 5.32 Å². The molecule has 0 spiro atoms. The Kier molecular flexibility index (Phi) is 8.65. The van der Waals surface area contributed by atoms with Crippen molar-refractivity contribution in [3.63, 3.8) is 0 Å². The van der Waals surface area contributed by atoms with Gasteiger partial charge in [-0.1, -0.05) is 47.5 Å². The summed E-state index contributed by atoms with van der Waals surface area (Å²) in [4.78, 5) is 26.3. The summed E-state index contributed by atoms with van der Waals surface area (Å²) in [5, 5.41) is 13.0. The standard InChI is InChI=1S/C21H24Cl2N2O4S/c22-18-6-1-14(9-19(18)23)11-25-7-8-29-16(12-25)10-24-20(26)13-30-17-4-2-15(3-5-17)21(27)28/h1-2,4-6,9,15-16H,3,7-8,10-13H2,(H,24,26)(H,27,28)/t15?,16-/m0/s1. The molecule has 1 aromatic rings. The highest BCUT2D eigenvalue weighted by Crippen LogP contribution is 2.25. The summed E-state index contributed by atoms with van der Waals surface area (Å²) in [7, 11) is 0. The predicted octanol–water partition coefficient (Wildman–Crippen LogP) is 3.59. The molecule has 2 atom stereocenters. The fraction of sp³-hybridized carbons (Fsp3) is 0.429. The van der Waals surface area contributed by atoms with Crippen molar-refractivity contribution >= 4 is 46.8 Å². The van der Waals surface area contributed by atoms with Crippen molar-refractivity contribution in [2.24, 2.45) is 5.92 Å². The molecule has 1 heterocycles. The number of allylic oxidation sites excluding steroid dienone is 2. The Hall–Kier alpha value is -1.51. The average molecular weight is 471 g/mol. The van der Waals surface area contributed by atoms with Crippen molar-refractivity contribution in [2.75, 3.05) is 32.0 Å². The SMILES string of the molecule is O=C(CSC1=CCC(C(=O)O)C=C1)NC[C@H]1CN(Cc2ccc(Cl)c(Cl)c2)CCO1. The molecule has 1 aliphatic heterocycles. The third-order valence-electron chi connectivity index (χ3n) is 4.89. The summed E-state index contributed by atoms with van der Waals surface area (Å²) >= 11 is 13.5. The van der Waals surface area contributed by atoms with Gasteiger partial charge in [0.05, 0.1) is 34.4 Å². The van der Waals surface area contributed by atoms with Gasteiger partial charge in [0.15, 0.2) is 0 Å². The normalized spacial score (nSPS) is 21.9. The van der Waals surface area contributed by atoms with E-state index < -0.39 is 11.9 Å². The van der Waals surface area contributed by atoms with Crippen LogP contribution in [0.1, 0.15) is 12.0 Å². The molecule has 162 valence electrons. The summed E-state index contributed by atoms with van der Waals surface area (Å²) < 4.78 is 5.78. The molecular weight excluding hydrogens is 447 g/mol. The lowest BCUT2D eigenvalue weighted by Crippen LogP contribution is -2.47. The summed E-state index contributed by atoms with van der Waals surface area (Å²) in [6.45, 7) is 3.35. The van der Waals surface area contributed by atoms with Crippen LogP contribution in [0.3, 0.4) is 0 Å². The van der Waals surface area contributed by atoms with E-state index in [2.05, 4.69) is 10.2 Å². The maximum atomic E-state index is 12.2. The Bertz CT molecular complexity index is 846. The molecule has 9 heteroatoms. The van der Waals surface area contributed by atoms with Crippen LogP contribution in [0.25, 0.3) is 0 Å². The molecule has 1 fully saturated rings. The molecule has 1 amide bonds. The zero-order chi connectivity index (χ0) is 21.5. The maximum absolute atomic E-state index is 12.2. The summed E-state index contributed by atoms with van der Waals surface area (Å²) in [5.41, 5.74) is 1.09. The predicted molar refractivity (Wildman–Crippen MR) is 120 cm³/mol. The highest BCUT2D eigenvalue weighted by molar-refractivity contribution is 8.03. The number of amides is 1. The first-order chi connectivity index (χ1) is 14.4. The molecule has 0 bridgehead atoms. The van der Waals surface area contributed by atoms with Gasteiger partial charge < -0.3 is 15.2 Å². The minimum atomic E-state index is -0.829. The van der Waals surface area contributed by atoms with E-state index in [0.717, 1.165) is 30.1 Å². The third kappa shape index (κ3) is 7.03. The van der Waals surface area contributed by atoms with Gasteiger partial charge in [0.1, 0.15) is 0 Å². The highest BCUT2D eigenvalue weighted by Gasteiger charge is 2.21. The zero-order valence-corrected chi connectivity index (χ0v) is 18.7. The Morgan fingerprint density at radius 2 is 2.13 bits per heavy atom. The molecule has 30 heavy (non-hydrogen) atoms. The van der Waals surface area contributed by atoms with Crippen LogP contribution >= 0.6 is 35.0 Å². The zero-order valence-electron chi connectivity index (χ0n) is 16.4. The van der Waals surface area contributed by atoms with Crippen molar-refractivity contribution < 1.29 is 19.4 Å². The molecule has 1 aliphatic carbocycles. The van der Waals surface area contributed by atoms with Gasteiger partial charge in [0.25, 0.3) is 0 Å². The largest absolute Gasteiger partial charge is 0.481 e. The summed E-state index contributed by atoms with van der Waals surface area (Å²) in [6.07, 6.45) is 5.69. The number of rotatable bonds is 8. The number of nitrogens with one attached hydrogen (secondary N) is 1. The van der Waals surface area contributed by atoms with Crippen molar-refractivity contribution in [3.8, 4) is 0 Å². The smallest absolute Gasteiger partial charge is 0.310 e. The number of benzene rings is 1. The molecular formula is C21H24Cl2N2O4S. The Labute approximate surface area is 190 Å². The van der Waals surface area contributed by atoms with E-state index in [0.29, 0.717) is 29.6 Å². The van der Waals surface area contributed by atoms with Gasteiger partial charge in [0.2, 0.25) is 5.91 Å². The van der Waals surface area contributed by atoms with Crippen LogP contribution in [0, 0.1) is 5.92 Å². The van der Waals surface area contributed by atoms with Gasteiger partial charge >= 0.3 is 5.97 Å². The number of carbonyl (C=O) groups excluding carboxylic acids is 1. The molecule has 2 aliphatic rings. The topological polar surface area (TPSA) is 78.9 Å². The number of carboxylic acid groups (broad SMARTS) is 1. The second-order valence-corrected chi connectivity index (χ2v) is 9.08. The summed E-state index contributed by atoms with van der Waals surface area (Å²) in [5.74, 6) is -1.09. The van der Waals surface area contributed by atoms with Crippen LogP contribution in [0.15, 0.2) is 41.3 Å². The number of carboxylic acids is 1. The number of ether oxygens (including phenoxy) is 1. The number of hydrogen-bond acceptors (Lipinski definition) is 5. The average Bonchev–Trinajstić information content (AvgIpc) is 2.74. The monoisotopic (exact) mass is 470 g/mol. The lowest BCUT2D eigenvalue weighted by Gasteiger charge is -2.33. The van der Waals surface area contributed by atoms with Crippen LogP contribution in [-0.4, -0.2) is 60.0 Å². The molecule has 3 rings (SSSR count). The second-order valence-electron chi connectivity index (χ2n) is 7.22. The highest BCUT2D eigenvalue weighted by atomic mass is 35.5. The van der Waals surface area contributed by atoms with Crippen molar-refractivity contribution in [2.45, 2.75) is 19.1 Å². The van der Waals surface area contributed by atoms with E-state index in [9.17, 15) is 9.59 Å². The van der Waals surface area contributed by atoms with E-state index in [4.69, 9.17) is 33.0 Å². The van der Waals surface area contributed by atoms with Gasteiger partial charge in [-0.25, -0.2) is 0 Å². The Morgan fingerprint density at radius 1 is 1.30 bits per heavy atom. The maximum Gasteiger partial charge on any atom is 0.310 e. The number of hydrogen-bond donors (Lipinski definition) is 2. The number of halogens is 2. The van der Waals surface area contributed by atoms with Crippen molar-refractivity contribution in [1.29, 1.82) is 0 Å². The van der Waals surface area contributed by atoms with Crippen molar-refractivity contribution in [3.05, 3.63) is 56.9 Å². The van der Waals surface area contributed by atoms with E-state index in [1.165, 1.54) is 11.8 Å². The van der Waals surface area contributed by atoms with Gasteiger partial charge in [-0.2, -0.15) is 0 Å². The van der Waals surface area contributed by atoms with Crippen LogP contribution in [0.2, 0.25) is 10.0 Å². The molecule has 1 unspecified atom stereocenters. The molecule has 0 aromatic heterocycles. The van der Waals surface area contributed by atoms with E-state index in [-0.39, 0.29) is 17.8 Å². The van der Waals surface area contributed by atoms with Gasteiger partial charge in [-0.3, -0.25) is 14.5 Å². The Balaban J connectivity index is 1.38. The summed E-state index contributed by atoms with van der Waals surface area (Å²) in [6, 6.07) is 5.64. The first-order valence-electron chi connectivity index (χ1n) is 9.69. The Morgan fingerprint density at radius 3 is 2.83 bits per heavy atom. The molecule has 0 radical (unpaired) electrons. The van der Waals surface area contributed by atoms with E-state index in [1.807, 2.05) is 18.2 Å². The second kappa shape index (κ2) is 11.2. The lowest BCUT2D eigenvalue weighted by atomic mass is 10.0. The number of morpholine rings is 1. The first-order valence-corrected chi connectivity index (χ1v) is 11.4. The first kappa shape index (κ1) is 23.2. The lowest BCUT2D eigenvalue weighted by molar-refractivity contribution is -0.140. The minimum absolute atomic E-state index is 0.0689. The molecule has 0 saturated carbocycles. The molecule has 1 saturated heterocycles. The third-order valence-corrected chi connectivity index (χ3v) is 6.67. The van der Waals surface area contributed by atoms with Crippen molar-refractivity contribution in [1.82, 2.24) is 10.2 Å². The van der Waals surface area contributed by atoms with Gasteiger partial charge in [0, 0.05) is 31.1 Å². The minimum Gasteiger partial charge on any atom is -0.481 e. The van der Waals surface area contributed by atoms with E-state index >= 15 is 0 Å². The number of aliphatic carboxylic acids is 1. The fourth-order valence-electron chi connectivity index (χ4n) is 3.26.